The molecule has 1 aliphatic rings. The van der Waals surface area contributed by atoms with Crippen molar-refractivity contribution in [2.24, 2.45) is 0 Å². The number of para-hydroxylation sites is 1. The molecule has 4 rings (SSSR count). The lowest BCUT2D eigenvalue weighted by Gasteiger charge is -2.25. The fraction of sp³-hybridized carbons (Fsp3) is 0.300. The first-order valence-electron chi connectivity index (χ1n) is 8.67. The zero-order valence-corrected chi connectivity index (χ0v) is 15.7. The number of rotatable bonds is 5. The van der Waals surface area contributed by atoms with Crippen LogP contribution in [0.4, 0.5) is 0 Å². The van der Waals surface area contributed by atoms with Gasteiger partial charge < -0.3 is 15.0 Å². The summed E-state index contributed by atoms with van der Waals surface area (Å²) in [7, 11) is 4.05. The zero-order valence-electron chi connectivity index (χ0n) is 14.9. The normalized spacial score (nSPS) is 14.3. The standard InChI is InChI=1S/C20H21N3O2S/c1-23(2)16(13-7-8-17-14(11-13)9-10-25-17)12-21-19(24)20-22-15-5-3-4-6-18(15)26-20/h3-8,11,16H,9-10,12H2,1-2H3,(H,21,24)/t16-/m1/s1. The molecule has 26 heavy (non-hydrogen) atoms. The highest BCUT2D eigenvalue weighted by Crippen LogP contribution is 2.29. The van der Waals surface area contributed by atoms with Crippen LogP contribution in [0.15, 0.2) is 42.5 Å². The molecule has 0 bridgehead atoms. The summed E-state index contributed by atoms with van der Waals surface area (Å²) in [6.07, 6.45) is 0.946. The summed E-state index contributed by atoms with van der Waals surface area (Å²) < 4.78 is 6.62. The van der Waals surface area contributed by atoms with Crippen LogP contribution in [-0.4, -0.2) is 43.0 Å². The molecule has 134 valence electrons. The van der Waals surface area contributed by atoms with Crippen molar-refractivity contribution in [2.75, 3.05) is 27.2 Å². The Morgan fingerprint density at radius 2 is 2.15 bits per heavy atom. The Hall–Kier alpha value is -2.44. The molecule has 6 heteroatoms. The summed E-state index contributed by atoms with van der Waals surface area (Å²) in [6, 6.07) is 14.2. The van der Waals surface area contributed by atoms with Crippen molar-refractivity contribution in [2.45, 2.75) is 12.5 Å². The monoisotopic (exact) mass is 367 g/mol. The molecule has 1 amide bonds. The minimum absolute atomic E-state index is 0.0965. The molecule has 1 aromatic heterocycles. The van der Waals surface area contributed by atoms with Crippen molar-refractivity contribution < 1.29 is 9.53 Å². The Bertz CT molecular complexity index is 918. The average molecular weight is 367 g/mol. The number of hydrogen-bond acceptors (Lipinski definition) is 5. The maximum absolute atomic E-state index is 12.6. The zero-order chi connectivity index (χ0) is 18.1. The Labute approximate surface area is 156 Å². The van der Waals surface area contributed by atoms with Crippen molar-refractivity contribution in [1.82, 2.24) is 15.2 Å². The Kier molecular flexibility index (Phi) is 4.61. The summed E-state index contributed by atoms with van der Waals surface area (Å²) >= 11 is 1.42. The Morgan fingerprint density at radius 3 is 2.96 bits per heavy atom. The first kappa shape index (κ1) is 17.0. The maximum Gasteiger partial charge on any atom is 0.280 e. The minimum atomic E-state index is -0.123. The average Bonchev–Trinajstić information content (AvgIpc) is 3.27. The van der Waals surface area contributed by atoms with Crippen LogP contribution in [0.5, 0.6) is 5.75 Å². The van der Waals surface area contributed by atoms with E-state index >= 15 is 0 Å². The van der Waals surface area contributed by atoms with E-state index in [1.54, 1.807) is 0 Å². The molecule has 2 heterocycles. The minimum Gasteiger partial charge on any atom is -0.493 e. The van der Waals surface area contributed by atoms with E-state index in [1.165, 1.54) is 22.5 Å². The predicted octanol–water partition coefficient (Wildman–Crippen LogP) is 3.26. The van der Waals surface area contributed by atoms with Gasteiger partial charge in [0.05, 0.1) is 22.9 Å². The van der Waals surface area contributed by atoms with E-state index in [2.05, 4.69) is 27.3 Å². The summed E-state index contributed by atoms with van der Waals surface area (Å²) in [4.78, 5) is 19.1. The van der Waals surface area contributed by atoms with Crippen LogP contribution in [0.3, 0.4) is 0 Å². The van der Waals surface area contributed by atoms with Gasteiger partial charge in [-0.2, -0.15) is 0 Å². The fourth-order valence-electron chi connectivity index (χ4n) is 3.25. The lowest BCUT2D eigenvalue weighted by Crippen LogP contribution is -2.34. The second-order valence-corrected chi connectivity index (χ2v) is 7.67. The van der Waals surface area contributed by atoms with Gasteiger partial charge in [-0.25, -0.2) is 4.98 Å². The number of ether oxygens (including phenoxy) is 1. The van der Waals surface area contributed by atoms with E-state index in [4.69, 9.17) is 4.74 Å². The smallest absolute Gasteiger partial charge is 0.280 e. The summed E-state index contributed by atoms with van der Waals surface area (Å²) in [5, 5.41) is 3.55. The Balaban J connectivity index is 1.49. The van der Waals surface area contributed by atoms with Gasteiger partial charge in [0, 0.05) is 13.0 Å². The largest absolute Gasteiger partial charge is 0.493 e. The van der Waals surface area contributed by atoms with E-state index < -0.39 is 0 Å². The van der Waals surface area contributed by atoms with Crippen molar-refractivity contribution in [3.05, 3.63) is 58.6 Å². The van der Waals surface area contributed by atoms with Gasteiger partial charge in [0.2, 0.25) is 0 Å². The number of benzene rings is 2. The molecule has 0 saturated heterocycles. The quantitative estimate of drug-likeness (QED) is 0.752. The van der Waals surface area contributed by atoms with Gasteiger partial charge in [-0.15, -0.1) is 11.3 Å². The SMILES string of the molecule is CN(C)[C@H](CNC(=O)c1nc2ccccc2s1)c1ccc2c(c1)CCO2. The van der Waals surface area contributed by atoms with Crippen molar-refractivity contribution in [3.8, 4) is 5.75 Å². The summed E-state index contributed by atoms with van der Waals surface area (Å²) in [6.45, 7) is 1.28. The number of amides is 1. The highest BCUT2D eigenvalue weighted by Gasteiger charge is 2.20. The predicted molar refractivity (Wildman–Crippen MR) is 104 cm³/mol. The van der Waals surface area contributed by atoms with E-state index in [9.17, 15) is 4.79 Å². The lowest BCUT2D eigenvalue weighted by atomic mass is 10.0. The number of aromatic nitrogens is 1. The molecule has 2 aromatic carbocycles. The van der Waals surface area contributed by atoms with Gasteiger partial charge in [-0.1, -0.05) is 24.3 Å². The van der Waals surface area contributed by atoms with Crippen molar-refractivity contribution in [1.29, 1.82) is 0 Å². The summed E-state index contributed by atoms with van der Waals surface area (Å²) in [5.74, 6) is 0.854. The van der Waals surface area contributed by atoms with Crippen LogP contribution >= 0.6 is 11.3 Å². The number of nitrogens with one attached hydrogen (secondary N) is 1. The molecule has 0 fully saturated rings. The number of nitrogens with zero attached hydrogens (tertiary/aromatic N) is 2. The third-order valence-corrected chi connectivity index (χ3v) is 5.70. The molecule has 0 aliphatic carbocycles. The molecule has 0 radical (unpaired) electrons. The molecule has 0 unspecified atom stereocenters. The molecule has 1 N–H and O–H groups in total. The van der Waals surface area contributed by atoms with Crippen molar-refractivity contribution in [3.63, 3.8) is 0 Å². The molecule has 3 aromatic rings. The van der Waals surface area contributed by atoms with Gasteiger partial charge in [0.1, 0.15) is 5.75 Å². The fourth-order valence-corrected chi connectivity index (χ4v) is 4.13. The molecule has 0 saturated carbocycles. The van der Waals surface area contributed by atoms with Crippen LogP contribution in [0.1, 0.15) is 27.0 Å². The molecular formula is C20H21N3O2S. The van der Waals surface area contributed by atoms with Crippen molar-refractivity contribution >= 4 is 27.5 Å². The summed E-state index contributed by atoms with van der Waals surface area (Å²) in [5.41, 5.74) is 3.29. The number of likely N-dealkylation sites (N-methyl/N-ethyl adjacent to an activating group) is 1. The first-order valence-corrected chi connectivity index (χ1v) is 9.49. The van der Waals surface area contributed by atoms with E-state index in [1.807, 2.05) is 44.4 Å². The number of fused-ring (bicyclic) bond motifs is 2. The van der Waals surface area contributed by atoms with E-state index in [-0.39, 0.29) is 11.9 Å². The molecular weight excluding hydrogens is 346 g/mol. The van der Waals surface area contributed by atoms with Crippen LogP contribution in [0.2, 0.25) is 0 Å². The molecule has 1 aliphatic heterocycles. The van der Waals surface area contributed by atoms with Gasteiger partial charge in [-0.05, 0) is 43.4 Å². The van der Waals surface area contributed by atoms with Gasteiger partial charge >= 0.3 is 0 Å². The molecule has 1 atom stereocenters. The highest BCUT2D eigenvalue weighted by atomic mass is 32.1. The van der Waals surface area contributed by atoms with E-state index in [0.29, 0.717) is 11.6 Å². The topological polar surface area (TPSA) is 54.5 Å². The number of carbonyl (C=O) groups is 1. The van der Waals surface area contributed by atoms with Gasteiger partial charge in [-0.3, -0.25) is 4.79 Å². The van der Waals surface area contributed by atoms with Crippen LogP contribution < -0.4 is 10.1 Å². The third-order valence-electron chi connectivity index (χ3n) is 4.67. The number of thiazole rings is 1. The van der Waals surface area contributed by atoms with Gasteiger partial charge in [0.25, 0.3) is 5.91 Å². The lowest BCUT2D eigenvalue weighted by molar-refractivity contribution is 0.0941. The van der Waals surface area contributed by atoms with E-state index in [0.717, 1.165) is 29.0 Å². The number of carbonyl (C=O) groups excluding carboxylic acids is 1. The Morgan fingerprint density at radius 1 is 1.31 bits per heavy atom. The molecule has 5 nitrogen and oxygen atoms in total. The van der Waals surface area contributed by atoms with Crippen LogP contribution in [-0.2, 0) is 6.42 Å². The second kappa shape index (κ2) is 7.05. The number of hydrogen-bond donors (Lipinski definition) is 1. The first-order chi connectivity index (χ1) is 12.6. The van der Waals surface area contributed by atoms with Crippen LogP contribution in [0, 0.1) is 0 Å². The molecule has 0 spiro atoms. The highest BCUT2D eigenvalue weighted by molar-refractivity contribution is 7.20. The van der Waals surface area contributed by atoms with Gasteiger partial charge in [0.15, 0.2) is 5.01 Å². The third kappa shape index (κ3) is 3.30. The second-order valence-electron chi connectivity index (χ2n) is 6.64. The van der Waals surface area contributed by atoms with Crippen LogP contribution in [0.25, 0.3) is 10.2 Å². The maximum atomic E-state index is 12.6.